The van der Waals surface area contributed by atoms with Gasteiger partial charge in [0.25, 0.3) is 5.56 Å². The van der Waals surface area contributed by atoms with E-state index in [0.29, 0.717) is 16.4 Å². The van der Waals surface area contributed by atoms with Gasteiger partial charge in [-0.2, -0.15) is 0 Å². The van der Waals surface area contributed by atoms with E-state index in [9.17, 15) is 4.79 Å². The Morgan fingerprint density at radius 2 is 1.82 bits per heavy atom. The Kier molecular flexibility index (Phi) is 4.61. The smallest absolute Gasteiger partial charge is 0.283 e. The number of pyridine rings is 1. The van der Waals surface area contributed by atoms with Crippen LogP contribution in [0.4, 0.5) is 5.69 Å². The summed E-state index contributed by atoms with van der Waals surface area (Å²) in [6, 6.07) is 17.4. The maximum Gasteiger partial charge on any atom is 0.297 e. The molecule has 0 aliphatic heterocycles. The number of halogens is 1. The highest BCUT2D eigenvalue weighted by molar-refractivity contribution is 6.32. The third-order valence-corrected chi connectivity index (χ3v) is 5.11. The van der Waals surface area contributed by atoms with Gasteiger partial charge in [-0.1, -0.05) is 41.4 Å². The molecular formula is C22H19ClN4O. The molecule has 0 atom stereocenters. The number of hydrogen-bond acceptors (Lipinski definition) is 3. The zero-order valence-corrected chi connectivity index (χ0v) is 16.6. The monoisotopic (exact) mass is 390 g/mol. The number of aryl methyl sites for hydroxylation is 1. The zero-order valence-electron chi connectivity index (χ0n) is 15.8. The van der Waals surface area contributed by atoms with Crippen LogP contribution in [0.5, 0.6) is 0 Å². The van der Waals surface area contributed by atoms with Crippen LogP contribution in [0.15, 0.2) is 64.4 Å². The Labute approximate surface area is 167 Å². The number of hydrogen-bond donors (Lipinski definition) is 0. The molecular weight excluding hydrogens is 372 g/mol. The average molecular weight is 391 g/mol. The minimum Gasteiger partial charge on any atom is -0.283 e. The summed E-state index contributed by atoms with van der Waals surface area (Å²) in [7, 11) is 1.84. The molecule has 2 aromatic heterocycles. The van der Waals surface area contributed by atoms with Gasteiger partial charge < -0.3 is 0 Å². The molecule has 0 unspecified atom stereocenters. The van der Waals surface area contributed by atoms with Crippen molar-refractivity contribution in [2.45, 2.75) is 13.8 Å². The lowest BCUT2D eigenvalue weighted by Crippen LogP contribution is -2.19. The highest BCUT2D eigenvalue weighted by Gasteiger charge is 2.15. The lowest BCUT2D eigenvalue weighted by atomic mass is 10.1. The van der Waals surface area contributed by atoms with Crippen LogP contribution in [0.2, 0.25) is 5.15 Å². The Morgan fingerprint density at radius 3 is 2.57 bits per heavy atom. The van der Waals surface area contributed by atoms with Gasteiger partial charge >= 0.3 is 0 Å². The molecule has 2 aromatic carbocycles. The van der Waals surface area contributed by atoms with Crippen molar-refractivity contribution in [3.63, 3.8) is 0 Å². The van der Waals surface area contributed by atoms with E-state index in [4.69, 9.17) is 11.6 Å². The molecule has 4 rings (SSSR count). The van der Waals surface area contributed by atoms with Crippen LogP contribution < -0.4 is 5.56 Å². The molecule has 6 heteroatoms. The lowest BCUT2D eigenvalue weighted by molar-refractivity contribution is 0.630. The van der Waals surface area contributed by atoms with Crippen molar-refractivity contribution in [2.24, 2.45) is 12.0 Å². The fourth-order valence-corrected chi connectivity index (χ4v) is 3.41. The van der Waals surface area contributed by atoms with Crippen LogP contribution in [-0.2, 0) is 7.05 Å². The predicted molar refractivity (Wildman–Crippen MR) is 114 cm³/mol. The molecule has 0 fully saturated rings. The highest BCUT2D eigenvalue weighted by atomic mass is 35.5. The second-order valence-electron chi connectivity index (χ2n) is 6.73. The number of aliphatic imine (C=N–C) groups is 1. The van der Waals surface area contributed by atoms with E-state index in [1.54, 1.807) is 15.6 Å². The van der Waals surface area contributed by atoms with Crippen molar-refractivity contribution in [3.8, 4) is 5.69 Å². The topological polar surface area (TPSA) is 52.2 Å². The van der Waals surface area contributed by atoms with Crippen molar-refractivity contribution in [1.82, 2.24) is 14.3 Å². The van der Waals surface area contributed by atoms with Gasteiger partial charge in [0.1, 0.15) is 5.15 Å². The maximum absolute atomic E-state index is 13.0. The highest BCUT2D eigenvalue weighted by Crippen LogP contribution is 2.22. The number of para-hydroxylation sites is 1. The summed E-state index contributed by atoms with van der Waals surface area (Å²) >= 11 is 6.33. The minimum absolute atomic E-state index is 0.178. The quantitative estimate of drug-likeness (QED) is 0.374. The summed E-state index contributed by atoms with van der Waals surface area (Å²) in [6.07, 6.45) is 1.61. The molecule has 0 amide bonds. The average Bonchev–Trinajstić information content (AvgIpc) is 2.90. The van der Waals surface area contributed by atoms with Crippen LogP contribution in [0, 0.1) is 13.8 Å². The van der Waals surface area contributed by atoms with Crippen molar-refractivity contribution < 1.29 is 0 Å². The zero-order chi connectivity index (χ0) is 19.8. The number of rotatable bonds is 3. The Balaban J connectivity index is 1.80. The van der Waals surface area contributed by atoms with Crippen LogP contribution in [0.1, 0.15) is 16.8 Å². The standard InChI is InChI=1S/C22H19ClN4O/c1-14-9-10-19-16(11-14)12-17(21(23)25-19)13-24-20-15(2)26(3)27(22(20)28)18-7-5-4-6-8-18/h4-13H,1-3H3. The van der Waals surface area contributed by atoms with Crippen LogP contribution >= 0.6 is 11.6 Å². The van der Waals surface area contributed by atoms with Gasteiger partial charge in [-0.3, -0.25) is 9.48 Å². The number of aromatic nitrogens is 3. The van der Waals surface area contributed by atoms with E-state index >= 15 is 0 Å². The second-order valence-corrected chi connectivity index (χ2v) is 7.09. The molecule has 0 aliphatic carbocycles. The molecule has 0 aliphatic rings. The molecule has 140 valence electrons. The molecule has 0 radical (unpaired) electrons. The van der Waals surface area contributed by atoms with E-state index in [2.05, 4.69) is 9.98 Å². The van der Waals surface area contributed by atoms with Gasteiger partial charge in [-0.15, -0.1) is 0 Å². The van der Waals surface area contributed by atoms with Crippen molar-refractivity contribution in [2.75, 3.05) is 0 Å². The molecule has 0 bridgehead atoms. The molecule has 28 heavy (non-hydrogen) atoms. The van der Waals surface area contributed by atoms with Crippen LogP contribution in [-0.4, -0.2) is 20.6 Å². The number of nitrogens with zero attached hydrogens (tertiary/aromatic N) is 4. The van der Waals surface area contributed by atoms with E-state index in [1.807, 2.05) is 75.5 Å². The summed E-state index contributed by atoms with van der Waals surface area (Å²) in [5, 5.41) is 1.34. The first-order valence-electron chi connectivity index (χ1n) is 8.90. The van der Waals surface area contributed by atoms with Gasteiger partial charge in [-0.25, -0.2) is 14.7 Å². The first-order chi connectivity index (χ1) is 13.5. The van der Waals surface area contributed by atoms with Gasteiger partial charge in [-0.05, 0) is 44.2 Å². The summed E-state index contributed by atoms with van der Waals surface area (Å²) in [6.45, 7) is 3.90. The first-order valence-corrected chi connectivity index (χ1v) is 9.28. The lowest BCUT2D eigenvalue weighted by Gasteiger charge is -2.07. The van der Waals surface area contributed by atoms with Crippen LogP contribution in [0.25, 0.3) is 16.6 Å². The van der Waals surface area contributed by atoms with E-state index in [0.717, 1.165) is 27.8 Å². The summed E-state index contributed by atoms with van der Waals surface area (Å²) in [4.78, 5) is 21.9. The van der Waals surface area contributed by atoms with Gasteiger partial charge in [0, 0.05) is 24.2 Å². The van der Waals surface area contributed by atoms with E-state index in [1.165, 1.54) is 0 Å². The molecule has 5 nitrogen and oxygen atoms in total. The molecule has 2 heterocycles. The van der Waals surface area contributed by atoms with Crippen molar-refractivity contribution in [3.05, 3.63) is 86.9 Å². The van der Waals surface area contributed by atoms with Crippen molar-refractivity contribution in [1.29, 1.82) is 0 Å². The normalized spacial score (nSPS) is 11.6. The Bertz CT molecular complexity index is 1270. The largest absolute Gasteiger partial charge is 0.297 e. The summed E-state index contributed by atoms with van der Waals surface area (Å²) in [5.74, 6) is 0. The first kappa shape index (κ1) is 18.2. The van der Waals surface area contributed by atoms with E-state index in [-0.39, 0.29) is 5.56 Å². The van der Waals surface area contributed by atoms with Crippen LogP contribution in [0.3, 0.4) is 0 Å². The Morgan fingerprint density at radius 1 is 1.07 bits per heavy atom. The minimum atomic E-state index is -0.178. The fourth-order valence-electron chi connectivity index (χ4n) is 3.22. The third kappa shape index (κ3) is 3.14. The molecule has 0 saturated carbocycles. The SMILES string of the molecule is Cc1ccc2nc(Cl)c(C=Nc3c(C)n(C)n(-c4ccccc4)c3=O)cc2c1. The second kappa shape index (κ2) is 7.09. The van der Waals surface area contributed by atoms with Gasteiger partial charge in [0.05, 0.1) is 16.9 Å². The third-order valence-electron chi connectivity index (χ3n) is 4.81. The molecule has 0 spiro atoms. The van der Waals surface area contributed by atoms with Gasteiger partial charge in [0.2, 0.25) is 0 Å². The predicted octanol–water partition coefficient (Wildman–Crippen LogP) is 4.75. The number of fused-ring (bicyclic) bond motifs is 1. The van der Waals surface area contributed by atoms with E-state index < -0.39 is 0 Å². The molecule has 0 saturated heterocycles. The number of benzene rings is 2. The van der Waals surface area contributed by atoms with Crippen molar-refractivity contribution >= 4 is 34.4 Å². The summed E-state index contributed by atoms with van der Waals surface area (Å²) < 4.78 is 3.40. The summed E-state index contributed by atoms with van der Waals surface area (Å²) in [5.41, 5.74) is 4.41. The fraction of sp³-hybridized carbons (Fsp3) is 0.136. The maximum atomic E-state index is 13.0. The molecule has 0 N–H and O–H groups in total. The Hall–Kier alpha value is -3.18. The van der Waals surface area contributed by atoms with Gasteiger partial charge in [0.15, 0.2) is 5.69 Å². The molecule has 4 aromatic rings.